The summed E-state index contributed by atoms with van der Waals surface area (Å²) >= 11 is 0. The number of carbonyl (C=O) groups is 2. The van der Waals surface area contributed by atoms with Crippen LogP contribution < -0.4 is 15.4 Å². The summed E-state index contributed by atoms with van der Waals surface area (Å²) < 4.78 is 5.25. The molecule has 0 aliphatic carbocycles. The van der Waals surface area contributed by atoms with Crippen molar-refractivity contribution < 1.29 is 14.3 Å². The summed E-state index contributed by atoms with van der Waals surface area (Å²) in [6.45, 7) is 5.34. The Morgan fingerprint density at radius 2 is 1.84 bits per heavy atom. The lowest BCUT2D eigenvalue weighted by atomic mass is 9.99. The molecule has 0 bridgehead atoms. The second kappa shape index (κ2) is 8.85. The quantitative estimate of drug-likeness (QED) is 0.821. The number of benzene rings is 1. The molecule has 6 nitrogen and oxygen atoms in total. The highest BCUT2D eigenvalue weighted by Crippen LogP contribution is 2.19. The van der Waals surface area contributed by atoms with Crippen molar-refractivity contribution in [1.29, 1.82) is 0 Å². The summed E-state index contributed by atoms with van der Waals surface area (Å²) in [6.07, 6.45) is 1.88. The van der Waals surface area contributed by atoms with Crippen LogP contribution in [0, 0.1) is 5.92 Å². The highest BCUT2D eigenvalue weighted by atomic mass is 16.5. The van der Waals surface area contributed by atoms with Crippen molar-refractivity contribution in [2.75, 3.05) is 27.2 Å². The van der Waals surface area contributed by atoms with E-state index in [2.05, 4.69) is 10.6 Å². The van der Waals surface area contributed by atoms with Crippen molar-refractivity contribution in [3.05, 3.63) is 29.8 Å². The van der Waals surface area contributed by atoms with Crippen molar-refractivity contribution >= 4 is 11.8 Å². The maximum Gasteiger partial charge on any atom is 0.255 e. The second-order valence-corrected chi connectivity index (χ2v) is 6.78. The van der Waals surface area contributed by atoms with E-state index >= 15 is 0 Å². The molecule has 2 amide bonds. The van der Waals surface area contributed by atoms with E-state index in [4.69, 9.17) is 4.74 Å². The van der Waals surface area contributed by atoms with Crippen molar-refractivity contribution in [2.24, 2.45) is 5.92 Å². The molecule has 0 radical (unpaired) electrons. The van der Waals surface area contributed by atoms with Crippen LogP contribution in [0.3, 0.4) is 0 Å². The molecule has 1 aromatic carbocycles. The number of likely N-dealkylation sites (tertiary alicyclic amines) is 1. The van der Waals surface area contributed by atoms with E-state index in [9.17, 15) is 9.59 Å². The zero-order chi connectivity index (χ0) is 18.4. The molecular formula is C19H29N3O3. The third kappa shape index (κ3) is 4.72. The molecule has 1 saturated heterocycles. The molecule has 0 spiro atoms. The van der Waals surface area contributed by atoms with Gasteiger partial charge in [-0.2, -0.15) is 0 Å². The van der Waals surface area contributed by atoms with Gasteiger partial charge in [0.1, 0.15) is 11.8 Å². The predicted molar refractivity (Wildman–Crippen MR) is 97.7 cm³/mol. The van der Waals surface area contributed by atoms with Gasteiger partial charge in [-0.1, -0.05) is 26.0 Å². The average molecular weight is 347 g/mol. The number of hydrogen-bond acceptors (Lipinski definition) is 4. The van der Waals surface area contributed by atoms with Gasteiger partial charge in [0.05, 0.1) is 12.7 Å². The van der Waals surface area contributed by atoms with Gasteiger partial charge in [-0.15, -0.1) is 0 Å². The van der Waals surface area contributed by atoms with Crippen LogP contribution in [0.2, 0.25) is 0 Å². The molecule has 0 saturated carbocycles. The summed E-state index contributed by atoms with van der Waals surface area (Å²) in [7, 11) is 3.48. The number of nitrogens with one attached hydrogen (secondary N) is 2. The van der Waals surface area contributed by atoms with Crippen LogP contribution in [0.5, 0.6) is 5.75 Å². The topological polar surface area (TPSA) is 70.7 Å². The van der Waals surface area contributed by atoms with Crippen LogP contribution in [0.15, 0.2) is 24.3 Å². The number of nitrogens with zero attached hydrogens (tertiary/aromatic N) is 1. The van der Waals surface area contributed by atoms with Gasteiger partial charge in [0.2, 0.25) is 5.91 Å². The number of para-hydroxylation sites is 1. The summed E-state index contributed by atoms with van der Waals surface area (Å²) in [5.74, 6) is 0.223. The highest BCUT2D eigenvalue weighted by Gasteiger charge is 2.31. The van der Waals surface area contributed by atoms with Gasteiger partial charge in [-0.3, -0.25) is 9.59 Å². The Kier molecular flexibility index (Phi) is 6.82. The zero-order valence-electron chi connectivity index (χ0n) is 15.5. The van der Waals surface area contributed by atoms with Crippen molar-refractivity contribution in [3.63, 3.8) is 0 Å². The number of hydrogen-bond donors (Lipinski definition) is 2. The van der Waals surface area contributed by atoms with Crippen LogP contribution in [-0.4, -0.2) is 56.0 Å². The molecule has 0 aromatic heterocycles. The Labute approximate surface area is 149 Å². The first-order valence-electron chi connectivity index (χ1n) is 8.87. The minimum Gasteiger partial charge on any atom is -0.496 e. The van der Waals surface area contributed by atoms with Gasteiger partial charge >= 0.3 is 0 Å². The fourth-order valence-electron chi connectivity index (χ4n) is 3.15. The lowest BCUT2D eigenvalue weighted by molar-refractivity contribution is -0.135. The van der Waals surface area contributed by atoms with E-state index in [1.165, 1.54) is 7.11 Å². The Bertz CT molecular complexity index is 595. The number of piperidine rings is 1. The molecule has 1 aliphatic heterocycles. The standard InChI is InChI=1S/C19H29N3O3/c1-13(2)17(19(24)22-11-9-14(20-3)10-12-22)21-18(23)15-7-5-6-8-16(15)25-4/h5-8,13-14,17,20H,9-12H2,1-4H3,(H,21,23). The monoisotopic (exact) mass is 347 g/mol. The van der Waals surface area contributed by atoms with Gasteiger partial charge in [-0.05, 0) is 37.9 Å². The van der Waals surface area contributed by atoms with Crippen molar-refractivity contribution in [1.82, 2.24) is 15.5 Å². The van der Waals surface area contributed by atoms with Crippen LogP contribution in [0.1, 0.15) is 37.0 Å². The Hall–Kier alpha value is -2.08. The van der Waals surface area contributed by atoms with Gasteiger partial charge in [0, 0.05) is 19.1 Å². The number of rotatable bonds is 6. The summed E-state index contributed by atoms with van der Waals surface area (Å²) in [5.41, 5.74) is 0.442. The van der Waals surface area contributed by atoms with Gasteiger partial charge in [-0.25, -0.2) is 0 Å². The SMILES string of the molecule is CNC1CCN(C(=O)C(NC(=O)c2ccccc2OC)C(C)C)CC1. The summed E-state index contributed by atoms with van der Waals surface area (Å²) in [5, 5.41) is 6.16. The van der Waals surface area contributed by atoms with E-state index < -0.39 is 6.04 Å². The molecule has 1 heterocycles. The van der Waals surface area contributed by atoms with E-state index in [0.29, 0.717) is 17.4 Å². The van der Waals surface area contributed by atoms with Crippen LogP contribution in [0.4, 0.5) is 0 Å². The maximum atomic E-state index is 12.9. The molecular weight excluding hydrogens is 318 g/mol. The van der Waals surface area contributed by atoms with E-state index in [1.54, 1.807) is 18.2 Å². The molecule has 138 valence electrons. The molecule has 2 rings (SSSR count). The fourth-order valence-corrected chi connectivity index (χ4v) is 3.15. The molecule has 1 unspecified atom stereocenters. The Morgan fingerprint density at radius 1 is 1.20 bits per heavy atom. The van der Waals surface area contributed by atoms with Crippen LogP contribution in [-0.2, 0) is 4.79 Å². The van der Waals surface area contributed by atoms with Gasteiger partial charge in [0.15, 0.2) is 0 Å². The van der Waals surface area contributed by atoms with E-state index in [1.807, 2.05) is 31.9 Å². The predicted octanol–water partition coefficient (Wildman–Crippen LogP) is 1.66. The van der Waals surface area contributed by atoms with Crippen molar-refractivity contribution in [3.8, 4) is 5.75 Å². The van der Waals surface area contributed by atoms with Gasteiger partial charge in [0.25, 0.3) is 5.91 Å². The minimum absolute atomic E-state index is 0.00667. The lowest BCUT2D eigenvalue weighted by Crippen LogP contribution is -2.54. The third-order valence-electron chi connectivity index (χ3n) is 4.79. The fraction of sp³-hybridized carbons (Fsp3) is 0.579. The van der Waals surface area contributed by atoms with E-state index in [-0.39, 0.29) is 17.7 Å². The Balaban J connectivity index is 2.08. The maximum absolute atomic E-state index is 12.9. The molecule has 1 atom stereocenters. The van der Waals surface area contributed by atoms with Crippen LogP contribution in [0.25, 0.3) is 0 Å². The van der Waals surface area contributed by atoms with Crippen molar-refractivity contribution in [2.45, 2.75) is 38.8 Å². The number of carbonyl (C=O) groups excluding carboxylic acids is 2. The summed E-state index contributed by atoms with van der Waals surface area (Å²) in [6, 6.07) is 6.96. The molecule has 1 fully saturated rings. The largest absolute Gasteiger partial charge is 0.496 e. The molecule has 1 aromatic rings. The first-order chi connectivity index (χ1) is 12.0. The number of ether oxygens (including phenoxy) is 1. The molecule has 1 aliphatic rings. The first-order valence-corrected chi connectivity index (χ1v) is 8.87. The average Bonchev–Trinajstić information content (AvgIpc) is 2.65. The summed E-state index contributed by atoms with van der Waals surface area (Å²) in [4.78, 5) is 27.4. The minimum atomic E-state index is -0.538. The van der Waals surface area contributed by atoms with Gasteiger partial charge < -0.3 is 20.3 Å². The highest BCUT2D eigenvalue weighted by molar-refractivity contribution is 5.99. The second-order valence-electron chi connectivity index (χ2n) is 6.78. The number of amides is 2. The molecule has 25 heavy (non-hydrogen) atoms. The normalized spacial score (nSPS) is 16.6. The molecule has 6 heteroatoms. The first kappa shape index (κ1) is 19.2. The van der Waals surface area contributed by atoms with E-state index in [0.717, 1.165) is 25.9 Å². The smallest absolute Gasteiger partial charge is 0.255 e. The Morgan fingerprint density at radius 3 is 2.40 bits per heavy atom. The van der Waals surface area contributed by atoms with Crippen LogP contribution >= 0.6 is 0 Å². The third-order valence-corrected chi connectivity index (χ3v) is 4.79. The zero-order valence-corrected chi connectivity index (χ0v) is 15.5. The number of methoxy groups -OCH3 is 1. The lowest BCUT2D eigenvalue weighted by Gasteiger charge is -2.35. The molecule has 2 N–H and O–H groups in total.